The van der Waals surface area contributed by atoms with Crippen molar-refractivity contribution in [3.8, 4) is 28.4 Å². The molecule has 2 N–H and O–H groups in total. The number of halogens is 2. The van der Waals surface area contributed by atoms with Crippen LogP contribution in [0.4, 0.5) is 14.6 Å². The van der Waals surface area contributed by atoms with Gasteiger partial charge in [-0.3, -0.25) is 0 Å². The van der Waals surface area contributed by atoms with Gasteiger partial charge in [0.2, 0.25) is 0 Å². The van der Waals surface area contributed by atoms with Crippen molar-refractivity contribution in [1.82, 2.24) is 30.5 Å². The molecule has 2 aromatic heterocycles. The van der Waals surface area contributed by atoms with Crippen LogP contribution in [0.25, 0.3) is 22.6 Å². The lowest BCUT2D eigenvalue weighted by atomic mass is 9.96. The number of nitrogens with one attached hydrogen (secondary N) is 1. The summed E-state index contributed by atoms with van der Waals surface area (Å²) >= 11 is 1.30. The molecular weight excluding hydrogens is 448 g/mol. The van der Waals surface area contributed by atoms with Gasteiger partial charge in [-0.2, -0.15) is 0 Å². The molecule has 4 atom stereocenters. The lowest BCUT2D eigenvalue weighted by Crippen LogP contribution is -2.55. The molecule has 3 aromatic rings. The predicted octanol–water partition coefficient (Wildman–Crippen LogP) is 3.23. The van der Waals surface area contributed by atoms with Crippen LogP contribution in [-0.4, -0.2) is 67.9 Å². The van der Waals surface area contributed by atoms with Gasteiger partial charge in [-0.05, 0) is 37.7 Å². The van der Waals surface area contributed by atoms with Gasteiger partial charge in [-0.1, -0.05) is 17.8 Å². The first-order valence-electron chi connectivity index (χ1n) is 10.7. The van der Waals surface area contributed by atoms with Crippen LogP contribution in [0.2, 0.25) is 0 Å². The second kappa shape index (κ2) is 8.79. The Morgan fingerprint density at radius 1 is 1.18 bits per heavy atom. The highest BCUT2D eigenvalue weighted by Crippen LogP contribution is 2.34. The fourth-order valence-electron chi connectivity index (χ4n) is 4.59. The number of fused-ring (bicyclic) bond motifs is 2. The molecule has 4 heterocycles. The molecule has 0 unspecified atom stereocenters. The van der Waals surface area contributed by atoms with E-state index in [4.69, 9.17) is 0 Å². The molecule has 2 saturated heterocycles. The summed E-state index contributed by atoms with van der Waals surface area (Å²) in [6.45, 7) is 0. The molecule has 2 aliphatic heterocycles. The predicted molar refractivity (Wildman–Crippen MR) is 121 cm³/mol. The smallest absolute Gasteiger partial charge is 0.187 e. The van der Waals surface area contributed by atoms with Gasteiger partial charge in [0.15, 0.2) is 22.6 Å². The summed E-state index contributed by atoms with van der Waals surface area (Å²) in [7, 11) is 1.80. The third-order valence-corrected chi connectivity index (χ3v) is 6.94. The standard InChI is InChI=1S/C22H23F2N7OS/c1-31(16-8-12-4-6-15(27-12)19(16)24)18-10-25-21(30-29-18)13-5-3-11(7-17(13)32)20-14(23)9-26-22(28-20)33-2/h3,5,7,9-10,12,15-16,19,27,32H,4,6,8H2,1-2H3/t12-,15+,16+,19-/m1/s1. The maximum absolute atomic E-state index is 14.9. The number of benzene rings is 1. The summed E-state index contributed by atoms with van der Waals surface area (Å²) in [6.07, 6.45) is 6.00. The van der Waals surface area contributed by atoms with E-state index in [-0.39, 0.29) is 29.4 Å². The summed E-state index contributed by atoms with van der Waals surface area (Å²) in [5, 5.41) is 22.7. The molecule has 2 fully saturated rings. The molecule has 1 aromatic carbocycles. The fourth-order valence-corrected chi connectivity index (χ4v) is 4.93. The first kappa shape index (κ1) is 21.9. The van der Waals surface area contributed by atoms with Crippen LogP contribution in [-0.2, 0) is 0 Å². The highest BCUT2D eigenvalue weighted by molar-refractivity contribution is 7.98. The van der Waals surface area contributed by atoms with E-state index < -0.39 is 12.0 Å². The Bertz CT molecular complexity index is 1170. The van der Waals surface area contributed by atoms with Crippen molar-refractivity contribution in [3.63, 3.8) is 0 Å². The minimum absolute atomic E-state index is 0.101. The number of rotatable bonds is 5. The van der Waals surface area contributed by atoms with Gasteiger partial charge < -0.3 is 15.3 Å². The van der Waals surface area contributed by atoms with E-state index in [0.717, 1.165) is 19.0 Å². The van der Waals surface area contributed by atoms with Crippen LogP contribution in [0.5, 0.6) is 5.75 Å². The second-order valence-electron chi connectivity index (χ2n) is 8.33. The number of nitrogens with zero attached hydrogens (tertiary/aromatic N) is 6. The molecule has 0 saturated carbocycles. The second-order valence-corrected chi connectivity index (χ2v) is 9.10. The largest absolute Gasteiger partial charge is 0.507 e. The topological polar surface area (TPSA) is 100.0 Å². The Labute approximate surface area is 193 Å². The first-order chi connectivity index (χ1) is 15.9. The van der Waals surface area contributed by atoms with Crippen molar-refractivity contribution in [2.75, 3.05) is 18.2 Å². The molecular formula is C22H23F2N7OS. The third-order valence-electron chi connectivity index (χ3n) is 6.38. The van der Waals surface area contributed by atoms with E-state index in [0.29, 0.717) is 34.6 Å². The number of aromatic hydroxyl groups is 1. The normalized spacial score (nSPS) is 24.1. The number of aromatic nitrogens is 5. The Morgan fingerprint density at radius 2 is 2.03 bits per heavy atom. The van der Waals surface area contributed by atoms with Crippen LogP contribution in [0.1, 0.15) is 19.3 Å². The van der Waals surface area contributed by atoms with Gasteiger partial charge in [0.25, 0.3) is 0 Å². The van der Waals surface area contributed by atoms with Gasteiger partial charge in [0.1, 0.15) is 17.6 Å². The molecule has 0 amide bonds. The van der Waals surface area contributed by atoms with Crippen molar-refractivity contribution in [1.29, 1.82) is 0 Å². The molecule has 5 rings (SSSR count). The molecule has 0 radical (unpaired) electrons. The average Bonchev–Trinajstić information content (AvgIpc) is 3.25. The van der Waals surface area contributed by atoms with Gasteiger partial charge in [-0.15, -0.1) is 10.2 Å². The SMILES string of the molecule is CSc1ncc(F)c(-c2ccc(-c3ncc(N(C)[C@H]4C[C@H]5CC[C@H](N5)[C@H]4F)nn3)c(O)c2)n1. The molecule has 33 heavy (non-hydrogen) atoms. The summed E-state index contributed by atoms with van der Waals surface area (Å²) < 4.78 is 29.1. The van der Waals surface area contributed by atoms with Crippen LogP contribution in [0.15, 0.2) is 35.7 Å². The lowest BCUT2D eigenvalue weighted by molar-refractivity contribution is 0.176. The maximum Gasteiger partial charge on any atom is 0.187 e. The van der Waals surface area contributed by atoms with Crippen molar-refractivity contribution in [3.05, 3.63) is 36.4 Å². The van der Waals surface area contributed by atoms with E-state index in [2.05, 4.69) is 30.5 Å². The fraction of sp³-hybridized carbons (Fsp3) is 0.409. The quantitative estimate of drug-likeness (QED) is 0.429. The number of anilines is 1. The number of hydrogen-bond acceptors (Lipinski definition) is 9. The number of piperidine rings is 1. The Hall–Kier alpha value is -2.92. The summed E-state index contributed by atoms with van der Waals surface area (Å²) in [6, 6.07) is 4.56. The van der Waals surface area contributed by atoms with Gasteiger partial charge in [-0.25, -0.2) is 23.7 Å². The van der Waals surface area contributed by atoms with Crippen molar-refractivity contribution >= 4 is 17.6 Å². The molecule has 0 aliphatic carbocycles. The molecule has 0 spiro atoms. The Kier molecular flexibility index (Phi) is 5.83. The number of alkyl halides is 1. The zero-order chi connectivity index (χ0) is 23.1. The molecule has 2 bridgehead atoms. The first-order valence-corrected chi connectivity index (χ1v) is 11.9. The van der Waals surface area contributed by atoms with Gasteiger partial charge in [0.05, 0.1) is 24.0 Å². The maximum atomic E-state index is 14.9. The van der Waals surface area contributed by atoms with E-state index in [1.165, 1.54) is 24.0 Å². The number of hydrogen-bond donors (Lipinski definition) is 2. The van der Waals surface area contributed by atoms with Crippen LogP contribution in [0.3, 0.4) is 0 Å². The van der Waals surface area contributed by atoms with Crippen LogP contribution >= 0.6 is 11.8 Å². The monoisotopic (exact) mass is 471 g/mol. The van der Waals surface area contributed by atoms with E-state index in [9.17, 15) is 13.9 Å². The van der Waals surface area contributed by atoms with Crippen LogP contribution in [0, 0.1) is 5.82 Å². The highest BCUT2D eigenvalue weighted by Gasteiger charge is 2.43. The Morgan fingerprint density at radius 3 is 2.76 bits per heavy atom. The number of thioether (sulfide) groups is 1. The number of phenols is 1. The zero-order valence-corrected chi connectivity index (χ0v) is 18.9. The minimum atomic E-state index is -0.986. The molecule has 11 heteroatoms. The van der Waals surface area contributed by atoms with Gasteiger partial charge >= 0.3 is 0 Å². The highest BCUT2D eigenvalue weighted by atomic mass is 32.2. The minimum Gasteiger partial charge on any atom is -0.507 e. The summed E-state index contributed by atoms with van der Waals surface area (Å²) in [5.41, 5.74) is 0.859. The molecule has 2 aliphatic rings. The van der Waals surface area contributed by atoms with Crippen molar-refractivity contribution in [2.45, 2.75) is 48.7 Å². The van der Waals surface area contributed by atoms with E-state index >= 15 is 0 Å². The van der Waals surface area contributed by atoms with Crippen molar-refractivity contribution < 1.29 is 13.9 Å². The lowest BCUT2D eigenvalue weighted by Gasteiger charge is -2.38. The third kappa shape index (κ3) is 4.10. The van der Waals surface area contributed by atoms with Crippen LogP contribution < -0.4 is 10.2 Å². The molecule has 8 nitrogen and oxygen atoms in total. The number of phenolic OH excluding ortho intramolecular Hbond substituents is 1. The van der Waals surface area contributed by atoms with Gasteiger partial charge in [0, 0.05) is 24.7 Å². The summed E-state index contributed by atoms with van der Waals surface area (Å²) in [4.78, 5) is 14.2. The van der Waals surface area contributed by atoms with E-state index in [1.807, 2.05) is 0 Å². The van der Waals surface area contributed by atoms with E-state index in [1.54, 1.807) is 30.3 Å². The zero-order valence-electron chi connectivity index (χ0n) is 18.1. The molecule has 172 valence electrons. The Balaban J connectivity index is 1.37. The average molecular weight is 472 g/mol. The van der Waals surface area contributed by atoms with Crippen molar-refractivity contribution in [2.24, 2.45) is 0 Å². The summed E-state index contributed by atoms with van der Waals surface area (Å²) in [5.74, 6) is -0.0246.